The number of ether oxygens (including phenoxy) is 1. The maximum atomic E-state index is 12.2. The average Bonchev–Trinajstić information content (AvgIpc) is 2.80. The van der Waals surface area contributed by atoms with E-state index in [1.807, 2.05) is 36.4 Å². The third kappa shape index (κ3) is 1.49. The van der Waals surface area contributed by atoms with Crippen molar-refractivity contribution in [2.45, 2.75) is 25.4 Å². The molecule has 3 heteroatoms. The fourth-order valence-electron chi connectivity index (χ4n) is 3.20. The van der Waals surface area contributed by atoms with E-state index in [4.69, 9.17) is 4.74 Å². The first kappa shape index (κ1) is 11.5. The van der Waals surface area contributed by atoms with Gasteiger partial charge < -0.3 is 9.84 Å². The van der Waals surface area contributed by atoms with Crippen molar-refractivity contribution in [3.05, 3.63) is 53.3 Å². The number of hydrogen-bond donors (Lipinski definition) is 1. The minimum Gasteiger partial charge on any atom is -0.512 e. The Morgan fingerprint density at radius 2 is 1.90 bits per heavy atom. The summed E-state index contributed by atoms with van der Waals surface area (Å²) in [5, 5.41) is 12.3. The van der Waals surface area contributed by atoms with Crippen LogP contribution in [0.5, 0.6) is 5.75 Å². The largest absolute Gasteiger partial charge is 0.512 e. The zero-order chi connectivity index (χ0) is 13.7. The topological polar surface area (TPSA) is 46.5 Å². The Hall–Kier alpha value is -2.29. The van der Waals surface area contributed by atoms with E-state index in [0.717, 1.165) is 28.5 Å². The highest BCUT2D eigenvalue weighted by atomic mass is 16.5. The lowest BCUT2D eigenvalue weighted by molar-refractivity contribution is -0.117. The van der Waals surface area contributed by atoms with E-state index in [1.54, 1.807) is 0 Å². The molecule has 2 aromatic rings. The second kappa shape index (κ2) is 4.10. The van der Waals surface area contributed by atoms with Crippen molar-refractivity contribution in [2.24, 2.45) is 0 Å². The van der Waals surface area contributed by atoms with Gasteiger partial charge in [-0.1, -0.05) is 30.3 Å². The van der Waals surface area contributed by atoms with E-state index < -0.39 is 6.10 Å². The molecular weight excluding hydrogens is 252 g/mol. The quantitative estimate of drug-likeness (QED) is 0.853. The van der Waals surface area contributed by atoms with Gasteiger partial charge in [0, 0.05) is 23.8 Å². The standard InChI is InChI=1S/C17H14O3/c18-12-7-3-8-13(19)16(12)17-11-6-1-4-10-5-2-9-14(20-17)15(10)11/h1-2,4-6,9,17-18H,3,7-8H2/t17-/m0/s1. The van der Waals surface area contributed by atoms with E-state index >= 15 is 0 Å². The number of allylic oxidation sites excluding steroid dienone is 1. The van der Waals surface area contributed by atoms with Gasteiger partial charge in [-0.25, -0.2) is 0 Å². The summed E-state index contributed by atoms with van der Waals surface area (Å²) in [5.74, 6) is 0.987. The number of aliphatic hydroxyl groups excluding tert-OH is 1. The highest BCUT2D eigenvalue weighted by molar-refractivity contribution is 6.01. The Labute approximate surface area is 116 Å². The Morgan fingerprint density at radius 3 is 2.70 bits per heavy atom. The van der Waals surface area contributed by atoms with Crippen LogP contribution in [-0.4, -0.2) is 10.9 Å². The molecule has 0 fully saturated rings. The van der Waals surface area contributed by atoms with Crippen LogP contribution in [0.1, 0.15) is 30.9 Å². The summed E-state index contributed by atoms with van der Waals surface area (Å²) in [6, 6.07) is 11.9. The van der Waals surface area contributed by atoms with E-state index in [-0.39, 0.29) is 11.5 Å². The predicted molar refractivity (Wildman–Crippen MR) is 75.8 cm³/mol. The Morgan fingerprint density at radius 1 is 1.10 bits per heavy atom. The number of Topliss-reactive ketones (excluding diaryl/α,β-unsaturated/α-hetero) is 1. The first-order chi connectivity index (χ1) is 9.75. The van der Waals surface area contributed by atoms with Gasteiger partial charge >= 0.3 is 0 Å². The molecule has 0 radical (unpaired) electrons. The van der Waals surface area contributed by atoms with Crippen molar-refractivity contribution in [3.63, 3.8) is 0 Å². The Balaban J connectivity index is 1.93. The van der Waals surface area contributed by atoms with Gasteiger partial charge in [-0.15, -0.1) is 0 Å². The highest BCUT2D eigenvalue weighted by Gasteiger charge is 2.35. The summed E-state index contributed by atoms with van der Waals surface area (Å²) in [4.78, 5) is 12.2. The number of benzene rings is 2. The SMILES string of the molecule is O=C1CCCC(O)=C1[C@H]1Oc2cccc3cccc1c23. The molecule has 4 rings (SSSR count). The third-order valence-electron chi connectivity index (χ3n) is 4.12. The molecule has 100 valence electrons. The van der Waals surface area contributed by atoms with Gasteiger partial charge in [-0.3, -0.25) is 4.79 Å². The van der Waals surface area contributed by atoms with Crippen LogP contribution in [0.4, 0.5) is 0 Å². The van der Waals surface area contributed by atoms with Gasteiger partial charge in [0.05, 0.1) is 5.57 Å². The van der Waals surface area contributed by atoms with E-state index in [2.05, 4.69) is 0 Å². The lowest BCUT2D eigenvalue weighted by Gasteiger charge is -2.21. The number of aliphatic hydroxyl groups is 1. The average molecular weight is 266 g/mol. The molecule has 0 saturated carbocycles. The molecule has 3 nitrogen and oxygen atoms in total. The molecule has 0 saturated heterocycles. The maximum Gasteiger partial charge on any atom is 0.166 e. The molecule has 0 spiro atoms. The van der Waals surface area contributed by atoms with Crippen LogP contribution in [0.3, 0.4) is 0 Å². The number of rotatable bonds is 1. The zero-order valence-electron chi connectivity index (χ0n) is 10.9. The molecule has 2 aliphatic rings. The molecule has 0 amide bonds. The minimum absolute atomic E-state index is 0.00330. The van der Waals surface area contributed by atoms with Crippen molar-refractivity contribution in [3.8, 4) is 5.75 Å². The summed E-state index contributed by atoms with van der Waals surface area (Å²) in [5.41, 5.74) is 1.43. The fourth-order valence-corrected chi connectivity index (χ4v) is 3.20. The van der Waals surface area contributed by atoms with Gasteiger partial charge in [-0.05, 0) is 17.9 Å². The second-order valence-corrected chi connectivity index (χ2v) is 5.34. The summed E-state index contributed by atoms with van der Waals surface area (Å²) in [6.45, 7) is 0. The molecule has 20 heavy (non-hydrogen) atoms. The summed E-state index contributed by atoms with van der Waals surface area (Å²) >= 11 is 0. The van der Waals surface area contributed by atoms with E-state index in [1.165, 1.54) is 0 Å². The molecule has 0 aromatic heterocycles. The molecular formula is C17H14O3. The van der Waals surface area contributed by atoms with Gasteiger partial charge in [0.1, 0.15) is 11.5 Å². The maximum absolute atomic E-state index is 12.2. The van der Waals surface area contributed by atoms with Crippen LogP contribution in [0.15, 0.2) is 47.7 Å². The molecule has 0 bridgehead atoms. The number of ketones is 1. The second-order valence-electron chi connectivity index (χ2n) is 5.34. The molecule has 1 heterocycles. The van der Waals surface area contributed by atoms with Crippen LogP contribution in [0.2, 0.25) is 0 Å². The van der Waals surface area contributed by atoms with Gasteiger partial charge in [-0.2, -0.15) is 0 Å². The van der Waals surface area contributed by atoms with Gasteiger partial charge in [0.25, 0.3) is 0 Å². The normalized spacial score (nSPS) is 21.4. The van der Waals surface area contributed by atoms with Crippen molar-refractivity contribution in [1.29, 1.82) is 0 Å². The van der Waals surface area contributed by atoms with Crippen LogP contribution in [0.25, 0.3) is 10.8 Å². The number of hydrogen-bond acceptors (Lipinski definition) is 3. The van der Waals surface area contributed by atoms with Crippen molar-refractivity contribution in [1.82, 2.24) is 0 Å². The monoisotopic (exact) mass is 266 g/mol. The summed E-state index contributed by atoms with van der Waals surface area (Å²) in [6.07, 6.45) is 1.32. The zero-order valence-corrected chi connectivity index (χ0v) is 10.9. The predicted octanol–water partition coefficient (Wildman–Crippen LogP) is 3.84. The first-order valence-electron chi connectivity index (χ1n) is 6.89. The molecule has 1 aliphatic heterocycles. The van der Waals surface area contributed by atoms with Crippen molar-refractivity contribution >= 4 is 16.6 Å². The molecule has 0 unspecified atom stereocenters. The lowest BCUT2D eigenvalue weighted by Crippen LogP contribution is -2.20. The third-order valence-corrected chi connectivity index (χ3v) is 4.12. The fraction of sp³-hybridized carbons (Fsp3) is 0.235. The molecule has 1 aliphatic carbocycles. The molecule has 1 N–H and O–H groups in total. The van der Waals surface area contributed by atoms with Crippen LogP contribution in [-0.2, 0) is 4.79 Å². The smallest absolute Gasteiger partial charge is 0.166 e. The van der Waals surface area contributed by atoms with Crippen molar-refractivity contribution in [2.75, 3.05) is 0 Å². The Kier molecular flexibility index (Phi) is 2.36. The van der Waals surface area contributed by atoms with E-state index in [9.17, 15) is 9.90 Å². The van der Waals surface area contributed by atoms with Gasteiger partial charge in [0.15, 0.2) is 11.9 Å². The number of carbonyl (C=O) groups excluding carboxylic acids is 1. The van der Waals surface area contributed by atoms with Crippen LogP contribution < -0.4 is 4.74 Å². The van der Waals surface area contributed by atoms with Crippen molar-refractivity contribution < 1.29 is 14.6 Å². The number of carbonyl (C=O) groups is 1. The van der Waals surface area contributed by atoms with Gasteiger partial charge in [0.2, 0.25) is 0 Å². The lowest BCUT2D eigenvalue weighted by atomic mass is 9.88. The first-order valence-corrected chi connectivity index (χ1v) is 6.89. The van der Waals surface area contributed by atoms with E-state index in [0.29, 0.717) is 18.4 Å². The highest BCUT2D eigenvalue weighted by Crippen LogP contribution is 2.46. The minimum atomic E-state index is -0.455. The Bertz CT molecular complexity index is 753. The molecule has 1 atom stereocenters. The summed E-state index contributed by atoms with van der Waals surface area (Å²) < 4.78 is 5.96. The van der Waals surface area contributed by atoms with Crippen LogP contribution in [0, 0.1) is 0 Å². The summed E-state index contributed by atoms with van der Waals surface area (Å²) in [7, 11) is 0. The van der Waals surface area contributed by atoms with Crippen LogP contribution >= 0.6 is 0 Å². The molecule has 2 aromatic carbocycles.